The van der Waals surface area contributed by atoms with Crippen LogP contribution in [0.25, 0.3) is 0 Å². The van der Waals surface area contributed by atoms with Gasteiger partial charge >= 0.3 is 5.97 Å². The highest BCUT2D eigenvalue weighted by atomic mass is 35.5. The SMILES string of the molecule is COc1ccc(OCC(=O)OCC(=O)Nc2ccc(C)cc2Cl)cc1. The molecule has 0 fully saturated rings. The van der Waals surface area contributed by atoms with Gasteiger partial charge in [0.15, 0.2) is 13.2 Å². The first kappa shape index (κ1) is 18.6. The molecule has 0 aliphatic heterocycles. The molecule has 0 radical (unpaired) electrons. The lowest BCUT2D eigenvalue weighted by molar-refractivity contribution is -0.149. The average Bonchev–Trinajstić information content (AvgIpc) is 2.61. The Morgan fingerprint density at radius 1 is 1.04 bits per heavy atom. The lowest BCUT2D eigenvalue weighted by Gasteiger charge is -2.09. The summed E-state index contributed by atoms with van der Waals surface area (Å²) in [6.45, 7) is 1.17. The van der Waals surface area contributed by atoms with Crippen molar-refractivity contribution in [3.8, 4) is 11.5 Å². The first-order valence-corrected chi connectivity index (χ1v) is 7.84. The molecule has 25 heavy (non-hydrogen) atoms. The van der Waals surface area contributed by atoms with E-state index in [1.54, 1.807) is 43.5 Å². The maximum atomic E-state index is 11.8. The number of ether oxygens (including phenoxy) is 3. The number of hydrogen-bond donors (Lipinski definition) is 1. The van der Waals surface area contributed by atoms with Crippen LogP contribution in [-0.4, -0.2) is 32.2 Å². The van der Waals surface area contributed by atoms with Crippen LogP contribution in [0.1, 0.15) is 5.56 Å². The first-order valence-electron chi connectivity index (χ1n) is 7.46. The number of carbonyl (C=O) groups is 2. The molecule has 7 heteroatoms. The number of aryl methyl sites for hydroxylation is 1. The second kappa shape index (κ2) is 8.94. The smallest absolute Gasteiger partial charge is 0.344 e. The zero-order valence-corrected chi connectivity index (χ0v) is 14.6. The minimum absolute atomic E-state index is 0.301. The van der Waals surface area contributed by atoms with Gasteiger partial charge in [-0.3, -0.25) is 4.79 Å². The van der Waals surface area contributed by atoms with Crippen molar-refractivity contribution < 1.29 is 23.8 Å². The van der Waals surface area contributed by atoms with Crippen molar-refractivity contribution in [1.29, 1.82) is 0 Å². The monoisotopic (exact) mass is 363 g/mol. The molecule has 1 amide bonds. The number of methoxy groups -OCH3 is 1. The molecule has 0 bridgehead atoms. The van der Waals surface area contributed by atoms with E-state index in [9.17, 15) is 9.59 Å². The third-order valence-electron chi connectivity index (χ3n) is 3.18. The molecule has 132 valence electrons. The van der Waals surface area contributed by atoms with Gasteiger partial charge in [-0.15, -0.1) is 0 Å². The van der Waals surface area contributed by atoms with Gasteiger partial charge in [0.05, 0.1) is 17.8 Å². The number of esters is 1. The molecule has 2 aromatic rings. The molecule has 2 aromatic carbocycles. The fourth-order valence-corrected chi connectivity index (χ4v) is 2.19. The zero-order valence-electron chi connectivity index (χ0n) is 13.9. The largest absolute Gasteiger partial charge is 0.497 e. The van der Waals surface area contributed by atoms with Crippen LogP contribution >= 0.6 is 11.6 Å². The van der Waals surface area contributed by atoms with Gasteiger partial charge in [0.2, 0.25) is 0 Å². The van der Waals surface area contributed by atoms with Gasteiger partial charge in [0, 0.05) is 0 Å². The summed E-state index contributed by atoms with van der Waals surface area (Å²) >= 11 is 6.02. The van der Waals surface area contributed by atoms with Gasteiger partial charge in [-0.1, -0.05) is 17.7 Å². The molecule has 0 unspecified atom stereocenters. The Kier molecular flexibility index (Phi) is 6.65. The van der Waals surface area contributed by atoms with Crippen molar-refractivity contribution in [3.63, 3.8) is 0 Å². The van der Waals surface area contributed by atoms with Gasteiger partial charge in [0.25, 0.3) is 5.91 Å². The predicted octanol–water partition coefficient (Wildman–Crippen LogP) is 3.22. The molecule has 2 rings (SSSR count). The van der Waals surface area contributed by atoms with Crippen LogP contribution in [0.3, 0.4) is 0 Å². The van der Waals surface area contributed by atoms with Gasteiger partial charge in [0.1, 0.15) is 11.5 Å². The van der Waals surface area contributed by atoms with Crippen molar-refractivity contribution in [2.45, 2.75) is 6.92 Å². The molecule has 0 heterocycles. The van der Waals surface area contributed by atoms with E-state index in [1.807, 2.05) is 13.0 Å². The molecule has 0 aliphatic carbocycles. The van der Waals surface area contributed by atoms with E-state index in [4.69, 9.17) is 25.8 Å². The molecule has 1 N–H and O–H groups in total. The van der Waals surface area contributed by atoms with E-state index < -0.39 is 18.5 Å². The van der Waals surface area contributed by atoms with Crippen LogP contribution < -0.4 is 14.8 Å². The summed E-state index contributed by atoms with van der Waals surface area (Å²) in [4.78, 5) is 23.4. The van der Waals surface area contributed by atoms with Crippen LogP contribution in [0.2, 0.25) is 5.02 Å². The number of amides is 1. The highest BCUT2D eigenvalue weighted by Crippen LogP contribution is 2.22. The van der Waals surface area contributed by atoms with E-state index in [2.05, 4.69) is 5.32 Å². The Morgan fingerprint density at radius 3 is 2.36 bits per heavy atom. The Morgan fingerprint density at radius 2 is 1.72 bits per heavy atom. The van der Waals surface area contributed by atoms with Crippen LogP contribution in [0, 0.1) is 6.92 Å². The van der Waals surface area contributed by atoms with E-state index >= 15 is 0 Å². The van der Waals surface area contributed by atoms with Gasteiger partial charge in [-0.2, -0.15) is 0 Å². The number of halogens is 1. The van der Waals surface area contributed by atoms with E-state index in [0.29, 0.717) is 22.2 Å². The van der Waals surface area contributed by atoms with Crippen molar-refractivity contribution in [1.82, 2.24) is 0 Å². The van der Waals surface area contributed by atoms with Crippen LogP contribution in [0.4, 0.5) is 5.69 Å². The Hall–Kier alpha value is -2.73. The summed E-state index contributed by atoms with van der Waals surface area (Å²) in [6.07, 6.45) is 0. The molecule has 0 atom stereocenters. The first-order chi connectivity index (χ1) is 12.0. The van der Waals surface area contributed by atoms with Crippen LogP contribution in [-0.2, 0) is 14.3 Å². The zero-order chi connectivity index (χ0) is 18.2. The molecule has 0 spiro atoms. The summed E-state index contributed by atoms with van der Waals surface area (Å²) in [6, 6.07) is 12.0. The Balaban J connectivity index is 1.74. The Bertz CT molecular complexity index is 746. The molecular weight excluding hydrogens is 346 g/mol. The van der Waals surface area contributed by atoms with Crippen LogP contribution in [0.15, 0.2) is 42.5 Å². The minimum atomic E-state index is -0.652. The summed E-state index contributed by atoms with van der Waals surface area (Å²) in [5.74, 6) is 0.0412. The molecule has 0 aliphatic rings. The maximum Gasteiger partial charge on any atom is 0.344 e. The quantitative estimate of drug-likeness (QED) is 0.764. The third kappa shape index (κ3) is 6.00. The van der Waals surface area contributed by atoms with Crippen molar-refractivity contribution >= 4 is 29.2 Å². The topological polar surface area (TPSA) is 73.9 Å². The van der Waals surface area contributed by atoms with Crippen molar-refractivity contribution in [2.24, 2.45) is 0 Å². The van der Waals surface area contributed by atoms with Crippen molar-refractivity contribution in [3.05, 3.63) is 53.1 Å². The van der Waals surface area contributed by atoms with E-state index in [-0.39, 0.29) is 6.61 Å². The second-order valence-corrected chi connectivity index (χ2v) is 5.56. The maximum absolute atomic E-state index is 11.8. The molecule has 0 aromatic heterocycles. The Labute approximate surface area is 150 Å². The number of rotatable bonds is 7. The summed E-state index contributed by atoms with van der Waals surface area (Å²) in [5, 5.41) is 3.00. The minimum Gasteiger partial charge on any atom is -0.497 e. The number of carbonyl (C=O) groups excluding carboxylic acids is 2. The number of hydrogen-bond acceptors (Lipinski definition) is 5. The number of benzene rings is 2. The predicted molar refractivity (Wildman–Crippen MR) is 94.3 cm³/mol. The fraction of sp³-hybridized carbons (Fsp3) is 0.222. The molecule has 6 nitrogen and oxygen atoms in total. The lowest BCUT2D eigenvalue weighted by atomic mass is 10.2. The average molecular weight is 364 g/mol. The molecular formula is C18H18ClNO5. The fourth-order valence-electron chi connectivity index (χ4n) is 1.91. The highest BCUT2D eigenvalue weighted by molar-refractivity contribution is 6.33. The van der Waals surface area contributed by atoms with E-state index in [0.717, 1.165) is 5.56 Å². The summed E-state index contributed by atoms with van der Waals surface area (Å²) < 4.78 is 15.2. The van der Waals surface area contributed by atoms with Gasteiger partial charge < -0.3 is 19.5 Å². The second-order valence-electron chi connectivity index (χ2n) is 5.16. The summed E-state index contributed by atoms with van der Waals surface area (Å²) in [7, 11) is 1.56. The lowest BCUT2D eigenvalue weighted by Crippen LogP contribution is -2.23. The van der Waals surface area contributed by atoms with Crippen LogP contribution in [0.5, 0.6) is 11.5 Å². The van der Waals surface area contributed by atoms with E-state index in [1.165, 1.54) is 0 Å². The standard InChI is InChI=1S/C18H18ClNO5/c1-12-3-8-16(15(19)9-12)20-17(21)10-25-18(22)11-24-14-6-4-13(23-2)5-7-14/h3-9H,10-11H2,1-2H3,(H,20,21). The summed E-state index contributed by atoms with van der Waals surface area (Å²) in [5.41, 5.74) is 1.44. The molecule has 0 saturated heterocycles. The third-order valence-corrected chi connectivity index (χ3v) is 3.49. The van der Waals surface area contributed by atoms with Gasteiger partial charge in [-0.05, 0) is 48.9 Å². The number of anilines is 1. The molecule has 0 saturated carbocycles. The number of nitrogens with one attached hydrogen (secondary N) is 1. The van der Waals surface area contributed by atoms with Crippen molar-refractivity contribution in [2.75, 3.05) is 25.6 Å². The van der Waals surface area contributed by atoms with Gasteiger partial charge in [-0.25, -0.2) is 4.79 Å². The highest BCUT2D eigenvalue weighted by Gasteiger charge is 2.10. The normalized spacial score (nSPS) is 10.0.